The van der Waals surface area contributed by atoms with Gasteiger partial charge in [-0.2, -0.15) is 0 Å². The summed E-state index contributed by atoms with van der Waals surface area (Å²) in [6.07, 6.45) is 9.92. The van der Waals surface area contributed by atoms with Crippen LogP contribution < -0.4 is 4.74 Å². The van der Waals surface area contributed by atoms with Gasteiger partial charge in [0.1, 0.15) is 0 Å². The van der Waals surface area contributed by atoms with Crippen LogP contribution in [0.1, 0.15) is 87.6 Å². The van der Waals surface area contributed by atoms with Crippen LogP contribution in [0, 0.1) is 18.7 Å². The van der Waals surface area contributed by atoms with Gasteiger partial charge in [0.05, 0.1) is 12.7 Å². The molecule has 2 rings (SSSR count). The van der Waals surface area contributed by atoms with E-state index in [0.717, 1.165) is 25.9 Å². The molecular weight excluding hydrogens is 343 g/mol. The summed E-state index contributed by atoms with van der Waals surface area (Å²) >= 11 is 0. The summed E-state index contributed by atoms with van der Waals surface area (Å²) < 4.78 is 25.5. The maximum atomic E-state index is 14.3. The van der Waals surface area contributed by atoms with E-state index in [-0.39, 0.29) is 17.6 Å². The highest BCUT2D eigenvalue weighted by Gasteiger charge is 2.22. The van der Waals surface area contributed by atoms with Crippen LogP contribution in [0.2, 0.25) is 0 Å². The summed E-state index contributed by atoms with van der Waals surface area (Å²) in [7, 11) is 0. The fraction of sp³-hybridized carbons (Fsp3) is 0.696. The molecule has 1 aromatic carbocycles. The van der Waals surface area contributed by atoms with E-state index in [2.05, 4.69) is 6.92 Å². The molecule has 1 saturated heterocycles. The third-order valence-corrected chi connectivity index (χ3v) is 5.56. The molecule has 2 unspecified atom stereocenters. The first kappa shape index (κ1) is 21.9. The second-order valence-electron chi connectivity index (χ2n) is 7.69. The minimum absolute atomic E-state index is 0.00250. The highest BCUT2D eigenvalue weighted by molar-refractivity contribution is 5.97. The van der Waals surface area contributed by atoms with Gasteiger partial charge in [0.2, 0.25) is 0 Å². The monoisotopic (exact) mass is 378 g/mol. The first-order valence-electron chi connectivity index (χ1n) is 10.6. The van der Waals surface area contributed by atoms with Crippen molar-refractivity contribution in [3.63, 3.8) is 0 Å². The van der Waals surface area contributed by atoms with Gasteiger partial charge in [-0.05, 0) is 69.6 Å². The molecule has 0 spiro atoms. The Hall–Kier alpha value is -1.42. The van der Waals surface area contributed by atoms with E-state index in [9.17, 15) is 9.18 Å². The van der Waals surface area contributed by atoms with Crippen molar-refractivity contribution >= 4 is 5.78 Å². The van der Waals surface area contributed by atoms with Crippen LogP contribution in [0.3, 0.4) is 0 Å². The second-order valence-corrected chi connectivity index (χ2v) is 7.69. The van der Waals surface area contributed by atoms with E-state index in [1.165, 1.54) is 32.1 Å². The third kappa shape index (κ3) is 6.60. The summed E-state index contributed by atoms with van der Waals surface area (Å²) in [5, 5.41) is 0. The number of hydrogen-bond donors (Lipinski definition) is 0. The molecule has 27 heavy (non-hydrogen) atoms. The molecule has 0 aromatic heterocycles. The van der Waals surface area contributed by atoms with Crippen LogP contribution in [-0.4, -0.2) is 25.1 Å². The molecule has 2 atom stereocenters. The molecule has 3 nitrogen and oxygen atoms in total. The van der Waals surface area contributed by atoms with E-state index in [0.29, 0.717) is 30.1 Å². The van der Waals surface area contributed by atoms with Gasteiger partial charge in [0.15, 0.2) is 17.3 Å². The number of rotatable bonds is 11. The lowest BCUT2D eigenvalue weighted by Crippen LogP contribution is -2.26. The molecule has 0 amide bonds. The minimum atomic E-state index is -0.424. The summed E-state index contributed by atoms with van der Waals surface area (Å²) in [5.74, 6) is 0.509. The maximum absolute atomic E-state index is 14.3. The molecular formula is C23H35FO3. The first-order valence-corrected chi connectivity index (χ1v) is 10.6. The fourth-order valence-corrected chi connectivity index (χ4v) is 3.85. The maximum Gasteiger partial charge on any atom is 0.168 e. The zero-order valence-electron chi connectivity index (χ0n) is 17.2. The Kier molecular flexibility index (Phi) is 9.26. The van der Waals surface area contributed by atoms with Gasteiger partial charge >= 0.3 is 0 Å². The minimum Gasteiger partial charge on any atom is -0.491 e. The van der Waals surface area contributed by atoms with Crippen molar-refractivity contribution in [1.29, 1.82) is 0 Å². The van der Waals surface area contributed by atoms with E-state index >= 15 is 0 Å². The van der Waals surface area contributed by atoms with Crippen molar-refractivity contribution in [1.82, 2.24) is 0 Å². The third-order valence-electron chi connectivity index (χ3n) is 5.56. The largest absolute Gasteiger partial charge is 0.491 e. The molecule has 152 valence electrons. The zero-order valence-corrected chi connectivity index (χ0v) is 17.2. The number of benzene rings is 1. The molecule has 0 radical (unpaired) electrons. The van der Waals surface area contributed by atoms with Gasteiger partial charge in [0, 0.05) is 18.6 Å². The number of Topliss-reactive ketones (excluding diaryl/α,β-unsaturated/α-hetero) is 1. The molecule has 1 aliphatic heterocycles. The molecule has 1 heterocycles. The van der Waals surface area contributed by atoms with Crippen molar-refractivity contribution in [3.05, 3.63) is 29.1 Å². The van der Waals surface area contributed by atoms with Crippen LogP contribution in [0.15, 0.2) is 12.1 Å². The number of ketones is 1. The number of ether oxygens (including phenoxy) is 2. The van der Waals surface area contributed by atoms with Crippen LogP contribution in [-0.2, 0) is 4.74 Å². The Bertz CT molecular complexity index is 592. The molecule has 1 fully saturated rings. The van der Waals surface area contributed by atoms with Crippen molar-refractivity contribution in [2.75, 3.05) is 13.2 Å². The van der Waals surface area contributed by atoms with Crippen LogP contribution in [0.25, 0.3) is 0 Å². The predicted molar refractivity (Wildman–Crippen MR) is 107 cm³/mol. The lowest BCUT2D eigenvalue weighted by Gasteiger charge is -2.29. The van der Waals surface area contributed by atoms with Crippen molar-refractivity contribution in [2.45, 2.75) is 84.7 Å². The lowest BCUT2D eigenvalue weighted by atomic mass is 9.91. The Morgan fingerprint density at radius 3 is 2.67 bits per heavy atom. The van der Waals surface area contributed by atoms with Gasteiger partial charge < -0.3 is 9.47 Å². The molecule has 1 aliphatic rings. The second kappa shape index (κ2) is 11.4. The Balaban J connectivity index is 1.73. The zero-order chi connectivity index (χ0) is 19.6. The number of carbonyl (C=O) groups is 1. The summed E-state index contributed by atoms with van der Waals surface area (Å²) in [6, 6.07) is 3.24. The van der Waals surface area contributed by atoms with E-state index in [1.807, 2.05) is 6.92 Å². The highest BCUT2D eigenvalue weighted by atomic mass is 19.1. The van der Waals surface area contributed by atoms with Gasteiger partial charge in [0.25, 0.3) is 0 Å². The Morgan fingerprint density at radius 2 is 2.00 bits per heavy atom. The van der Waals surface area contributed by atoms with Crippen molar-refractivity contribution in [2.24, 2.45) is 5.92 Å². The van der Waals surface area contributed by atoms with Crippen LogP contribution >= 0.6 is 0 Å². The summed E-state index contributed by atoms with van der Waals surface area (Å²) in [4.78, 5) is 12.5. The lowest BCUT2D eigenvalue weighted by molar-refractivity contribution is -0.0230. The molecule has 1 aromatic rings. The van der Waals surface area contributed by atoms with Crippen LogP contribution in [0.5, 0.6) is 5.75 Å². The highest BCUT2D eigenvalue weighted by Crippen LogP contribution is 2.27. The smallest absolute Gasteiger partial charge is 0.168 e. The van der Waals surface area contributed by atoms with E-state index in [4.69, 9.17) is 9.47 Å². The standard InChI is InChI=1S/C23H35FO3/c1-4-6-7-9-18-12-13-19(27-16-18)10-8-11-21(25)20-14-15-22(26-5-2)23(24)17(20)3/h14-15,18-19H,4-13,16H2,1-3H3. The number of hydrogen-bond acceptors (Lipinski definition) is 3. The normalized spacial score (nSPS) is 19.9. The molecule has 0 aliphatic carbocycles. The summed E-state index contributed by atoms with van der Waals surface area (Å²) in [5.41, 5.74) is 0.853. The number of carbonyl (C=O) groups excluding carboxylic acids is 1. The predicted octanol–water partition coefficient (Wildman–Crippen LogP) is 6.26. The van der Waals surface area contributed by atoms with Crippen molar-refractivity contribution < 1.29 is 18.7 Å². The molecule has 0 saturated carbocycles. The average molecular weight is 379 g/mol. The van der Waals surface area contributed by atoms with E-state index in [1.54, 1.807) is 19.1 Å². The topological polar surface area (TPSA) is 35.5 Å². The number of halogens is 1. The van der Waals surface area contributed by atoms with E-state index < -0.39 is 5.82 Å². The van der Waals surface area contributed by atoms with Gasteiger partial charge in [-0.15, -0.1) is 0 Å². The quantitative estimate of drug-likeness (QED) is 0.337. The number of unbranched alkanes of at least 4 members (excludes halogenated alkanes) is 2. The molecule has 0 bridgehead atoms. The summed E-state index contributed by atoms with van der Waals surface area (Å²) in [6.45, 7) is 6.97. The van der Waals surface area contributed by atoms with Crippen molar-refractivity contribution in [3.8, 4) is 5.75 Å². The van der Waals surface area contributed by atoms with Crippen LogP contribution in [0.4, 0.5) is 4.39 Å². The Labute approximate surface area is 163 Å². The average Bonchev–Trinajstić information content (AvgIpc) is 2.67. The van der Waals surface area contributed by atoms with Gasteiger partial charge in [-0.3, -0.25) is 4.79 Å². The van der Waals surface area contributed by atoms with Gasteiger partial charge in [-0.1, -0.05) is 26.2 Å². The first-order chi connectivity index (χ1) is 13.1. The SMILES string of the molecule is CCCCCC1CCC(CCCC(=O)c2ccc(OCC)c(F)c2C)OC1. The fourth-order valence-electron chi connectivity index (χ4n) is 3.85. The molecule has 0 N–H and O–H groups in total. The molecule has 4 heteroatoms. The Morgan fingerprint density at radius 1 is 1.19 bits per heavy atom. The van der Waals surface area contributed by atoms with Gasteiger partial charge in [-0.25, -0.2) is 4.39 Å².